The molecule has 0 fully saturated rings. The minimum absolute atomic E-state index is 0.279. The number of hydrogen-bond donors (Lipinski definition) is 2. The van der Waals surface area contributed by atoms with Crippen molar-refractivity contribution in [1.29, 1.82) is 0 Å². The number of carbonyl (C=O) groups is 1. The quantitative estimate of drug-likeness (QED) is 0.821. The molecular formula is C12H17N3O. The summed E-state index contributed by atoms with van der Waals surface area (Å²) in [5.41, 5.74) is 0.936. The second-order valence-electron chi connectivity index (χ2n) is 3.87. The molecule has 0 aromatic carbocycles. The van der Waals surface area contributed by atoms with E-state index < -0.39 is 0 Å². The Morgan fingerprint density at radius 3 is 2.88 bits per heavy atom. The molecule has 86 valence electrons. The van der Waals surface area contributed by atoms with Gasteiger partial charge in [0.2, 0.25) is 0 Å². The largest absolute Gasteiger partial charge is 0.324 e. The zero-order chi connectivity index (χ0) is 12.0. The van der Waals surface area contributed by atoms with Crippen molar-refractivity contribution in [2.24, 2.45) is 5.92 Å². The van der Waals surface area contributed by atoms with Gasteiger partial charge in [-0.15, -0.1) is 0 Å². The Balaban J connectivity index is 2.49. The lowest BCUT2D eigenvalue weighted by atomic mass is 10.2. The number of rotatable bonds is 3. The van der Waals surface area contributed by atoms with Crippen LogP contribution in [0.15, 0.2) is 30.6 Å². The third-order valence-electron chi connectivity index (χ3n) is 1.94. The van der Waals surface area contributed by atoms with Gasteiger partial charge in [-0.3, -0.25) is 5.32 Å². The van der Waals surface area contributed by atoms with Crippen molar-refractivity contribution in [2.45, 2.75) is 20.8 Å². The highest BCUT2D eigenvalue weighted by Gasteiger charge is 2.02. The van der Waals surface area contributed by atoms with Crippen LogP contribution in [-0.2, 0) is 0 Å². The Hall–Kier alpha value is -1.84. The fourth-order valence-electron chi connectivity index (χ4n) is 1.08. The molecule has 4 heteroatoms. The third kappa shape index (κ3) is 4.13. The molecule has 0 aliphatic carbocycles. The van der Waals surface area contributed by atoms with Crippen LogP contribution in [-0.4, -0.2) is 11.0 Å². The van der Waals surface area contributed by atoms with Crippen LogP contribution in [0.1, 0.15) is 19.4 Å². The van der Waals surface area contributed by atoms with Crippen LogP contribution in [0.25, 0.3) is 0 Å². The number of aryl methyl sites for hydroxylation is 1. The highest BCUT2D eigenvalue weighted by molar-refractivity contribution is 5.89. The van der Waals surface area contributed by atoms with Gasteiger partial charge in [-0.2, -0.15) is 0 Å². The minimum atomic E-state index is -0.279. The molecule has 2 amide bonds. The first kappa shape index (κ1) is 12.2. The van der Waals surface area contributed by atoms with E-state index in [1.807, 2.05) is 39.0 Å². The van der Waals surface area contributed by atoms with Crippen LogP contribution in [0.4, 0.5) is 10.6 Å². The number of amides is 2. The molecule has 0 unspecified atom stereocenters. The molecule has 0 bridgehead atoms. The molecule has 0 saturated heterocycles. The van der Waals surface area contributed by atoms with Crippen molar-refractivity contribution in [3.63, 3.8) is 0 Å². The molecule has 2 N–H and O–H groups in total. The smallest absolute Gasteiger partial charge is 0.315 e. The molecule has 0 aliphatic rings. The summed E-state index contributed by atoms with van der Waals surface area (Å²) < 4.78 is 0. The Morgan fingerprint density at radius 1 is 1.50 bits per heavy atom. The highest BCUT2D eigenvalue weighted by Crippen LogP contribution is 2.08. The number of hydrogen-bond acceptors (Lipinski definition) is 2. The number of allylic oxidation sites excluding steroid dienone is 1. The van der Waals surface area contributed by atoms with Crippen LogP contribution < -0.4 is 10.6 Å². The zero-order valence-electron chi connectivity index (χ0n) is 9.82. The summed E-state index contributed by atoms with van der Waals surface area (Å²) in [5.74, 6) is 0.995. The summed E-state index contributed by atoms with van der Waals surface area (Å²) in [5, 5.41) is 5.29. The van der Waals surface area contributed by atoms with Gasteiger partial charge in [0.15, 0.2) is 0 Å². The molecule has 16 heavy (non-hydrogen) atoms. The van der Waals surface area contributed by atoms with Crippen molar-refractivity contribution < 1.29 is 4.79 Å². The van der Waals surface area contributed by atoms with E-state index in [-0.39, 0.29) is 6.03 Å². The maximum atomic E-state index is 11.4. The summed E-state index contributed by atoms with van der Waals surface area (Å²) in [4.78, 5) is 15.5. The second-order valence-corrected chi connectivity index (χ2v) is 3.87. The van der Waals surface area contributed by atoms with Crippen molar-refractivity contribution in [1.82, 2.24) is 10.3 Å². The van der Waals surface area contributed by atoms with Crippen molar-refractivity contribution in [2.75, 3.05) is 5.32 Å². The van der Waals surface area contributed by atoms with Gasteiger partial charge in [0.05, 0.1) is 0 Å². The fourth-order valence-corrected chi connectivity index (χ4v) is 1.08. The summed E-state index contributed by atoms with van der Waals surface area (Å²) in [6.07, 6.45) is 5.19. The number of pyridine rings is 1. The molecule has 0 spiro atoms. The number of carbonyl (C=O) groups excluding carboxylic acids is 1. The topological polar surface area (TPSA) is 54.0 Å². The number of urea groups is 1. The van der Waals surface area contributed by atoms with Gasteiger partial charge in [-0.05, 0) is 24.5 Å². The Labute approximate surface area is 95.8 Å². The summed E-state index contributed by atoms with van der Waals surface area (Å²) in [7, 11) is 0. The molecule has 1 aromatic rings. The van der Waals surface area contributed by atoms with E-state index in [1.54, 1.807) is 12.4 Å². The summed E-state index contributed by atoms with van der Waals surface area (Å²) in [6, 6.07) is 3.45. The molecular weight excluding hydrogens is 202 g/mol. The molecule has 1 heterocycles. The lowest BCUT2D eigenvalue weighted by Gasteiger charge is -2.06. The van der Waals surface area contributed by atoms with E-state index in [9.17, 15) is 4.79 Å². The van der Waals surface area contributed by atoms with E-state index in [0.29, 0.717) is 11.7 Å². The summed E-state index contributed by atoms with van der Waals surface area (Å²) in [6.45, 7) is 5.98. The first-order chi connectivity index (χ1) is 7.59. The second kappa shape index (κ2) is 5.90. The number of nitrogens with zero attached hydrogens (tertiary/aromatic N) is 1. The van der Waals surface area contributed by atoms with Gasteiger partial charge in [-0.1, -0.05) is 26.0 Å². The fraction of sp³-hybridized carbons (Fsp3) is 0.333. The average molecular weight is 219 g/mol. The Kier molecular flexibility index (Phi) is 4.51. The predicted molar refractivity (Wildman–Crippen MR) is 65.1 cm³/mol. The van der Waals surface area contributed by atoms with Crippen LogP contribution in [0.2, 0.25) is 0 Å². The maximum absolute atomic E-state index is 11.4. The molecule has 0 atom stereocenters. The average Bonchev–Trinajstić information content (AvgIpc) is 2.21. The van der Waals surface area contributed by atoms with E-state index in [0.717, 1.165) is 5.56 Å². The first-order valence-electron chi connectivity index (χ1n) is 5.25. The van der Waals surface area contributed by atoms with E-state index in [2.05, 4.69) is 15.6 Å². The minimum Gasteiger partial charge on any atom is -0.315 e. The lowest BCUT2D eigenvalue weighted by Crippen LogP contribution is -2.24. The Bertz CT molecular complexity index is 386. The molecule has 1 rings (SSSR count). The van der Waals surface area contributed by atoms with Crippen molar-refractivity contribution in [3.8, 4) is 0 Å². The van der Waals surface area contributed by atoms with Gasteiger partial charge in [0, 0.05) is 12.4 Å². The number of anilines is 1. The van der Waals surface area contributed by atoms with Crippen molar-refractivity contribution >= 4 is 11.8 Å². The molecule has 0 aliphatic heterocycles. The molecule has 0 radical (unpaired) electrons. The standard InChI is InChI=1S/C12H17N3O/c1-9(2)6-8-14-12(16)15-11-10(3)5-4-7-13-11/h4-9H,1-3H3,(H2,13,14,15,16)/b8-6+. The first-order valence-corrected chi connectivity index (χ1v) is 5.25. The van der Waals surface area contributed by atoms with E-state index in [1.165, 1.54) is 0 Å². The van der Waals surface area contributed by atoms with Gasteiger partial charge >= 0.3 is 6.03 Å². The van der Waals surface area contributed by atoms with Gasteiger partial charge in [-0.25, -0.2) is 9.78 Å². The molecule has 4 nitrogen and oxygen atoms in total. The SMILES string of the molecule is Cc1cccnc1NC(=O)N/C=C/C(C)C. The van der Waals surface area contributed by atoms with Crippen LogP contribution in [0.5, 0.6) is 0 Å². The zero-order valence-corrected chi connectivity index (χ0v) is 9.82. The summed E-state index contributed by atoms with van der Waals surface area (Å²) >= 11 is 0. The lowest BCUT2D eigenvalue weighted by molar-refractivity contribution is 0.255. The van der Waals surface area contributed by atoms with E-state index >= 15 is 0 Å². The van der Waals surface area contributed by atoms with Gasteiger partial charge < -0.3 is 5.32 Å². The van der Waals surface area contributed by atoms with Crippen molar-refractivity contribution in [3.05, 3.63) is 36.2 Å². The maximum Gasteiger partial charge on any atom is 0.324 e. The normalized spacial score (nSPS) is 10.8. The monoisotopic (exact) mass is 219 g/mol. The van der Waals surface area contributed by atoms with Crippen LogP contribution in [0, 0.1) is 12.8 Å². The van der Waals surface area contributed by atoms with E-state index in [4.69, 9.17) is 0 Å². The molecule has 0 saturated carbocycles. The van der Waals surface area contributed by atoms with Gasteiger partial charge in [0.1, 0.15) is 5.82 Å². The predicted octanol–water partition coefficient (Wildman–Crippen LogP) is 2.68. The number of aromatic nitrogens is 1. The van der Waals surface area contributed by atoms with Crippen LogP contribution >= 0.6 is 0 Å². The third-order valence-corrected chi connectivity index (χ3v) is 1.94. The van der Waals surface area contributed by atoms with Crippen LogP contribution in [0.3, 0.4) is 0 Å². The Morgan fingerprint density at radius 2 is 2.25 bits per heavy atom. The molecule has 1 aromatic heterocycles. The van der Waals surface area contributed by atoms with Gasteiger partial charge in [0.25, 0.3) is 0 Å². The number of nitrogens with one attached hydrogen (secondary N) is 2. The highest BCUT2D eigenvalue weighted by atomic mass is 16.2.